The molecule has 0 bridgehead atoms. The van der Waals surface area contributed by atoms with Crippen LogP contribution in [0.15, 0.2) is 29.3 Å². The summed E-state index contributed by atoms with van der Waals surface area (Å²) in [6.45, 7) is 8.69. The van der Waals surface area contributed by atoms with Crippen molar-refractivity contribution in [3.8, 4) is 5.75 Å². The summed E-state index contributed by atoms with van der Waals surface area (Å²) < 4.78 is 5.58. The Balaban J connectivity index is 0.00000338. The second-order valence-corrected chi connectivity index (χ2v) is 6.75. The maximum absolute atomic E-state index is 11.7. The van der Waals surface area contributed by atoms with Crippen molar-refractivity contribution < 1.29 is 9.53 Å². The molecule has 2 rings (SSSR count). The zero-order valence-corrected chi connectivity index (χ0v) is 18.2. The number of carbonyl (C=O) groups excluding carboxylic acids is 1. The van der Waals surface area contributed by atoms with Gasteiger partial charge in [0.2, 0.25) is 0 Å². The molecule has 1 aliphatic rings. The second kappa shape index (κ2) is 12.0. The summed E-state index contributed by atoms with van der Waals surface area (Å²) in [6, 6.07) is 8.08. The molecule has 0 aromatic heterocycles. The predicted molar refractivity (Wildman–Crippen MR) is 116 cm³/mol. The average molecular weight is 474 g/mol. The normalized spacial score (nSPS) is 13.8. The van der Waals surface area contributed by atoms with Gasteiger partial charge in [-0.15, -0.1) is 24.0 Å². The summed E-state index contributed by atoms with van der Waals surface area (Å²) in [6.07, 6.45) is 2.16. The Labute approximate surface area is 173 Å². The third kappa shape index (κ3) is 9.26. The zero-order chi connectivity index (χ0) is 18.1. The Morgan fingerprint density at radius 3 is 2.73 bits per heavy atom. The van der Waals surface area contributed by atoms with Crippen LogP contribution in [0.2, 0.25) is 0 Å². The highest BCUT2D eigenvalue weighted by Gasteiger charge is 2.23. The first-order valence-corrected chi connectivity index (χ1v) is 9.10. The van der Waals surface area contributed by atoms with Gasteiger partial charge in [-0.3, -0.25) is 4.79 Å². The minimum absolute atomic E-state index is 0. The largest absolute Gasteiger partial charge is 0.484 e. The third-order valence-electron chi connectivity index (χ3n) is 3.65. The van der Waals surface area contributed by atoms with E-state index in [1.165, 1.54) is 0 Å². The van der Waals surface area contributed by atoms with Gasteiger partial charge in [-0.25, -0.2) is 4.99 Å². The highest BCUT2D eigenvalue weighted by Crippen LogP contribution is 2.18. The molecule has 0 spiro atoms. The molecule has 1 fully saturated rings. The van der Waals surface area contributed by atoms with Crippen molar-refractivity contribution in [2.45, 2.75) is 46.2 Å². The number of ether oxygens (including phenoxy) is 1. The van der Waals surface area contributed by atoms with Crippen LogP contribution >= 0.6 is 24.0 Å². The molecule has 26 heavy (non-hydrogen) atoms. The van der Waals surface area contributed by atoms with Crippen molar-refractivity contribution in [3.63, 3.8) is 0 Å². The molecule has 1 saturated carbocycles. The van der Waals surface area contributed by atoms with Crippen LogP contribution in [0.25, 0.3) is 0 Å². The van der Waals surface area contributed by atoms with Crippen molar-refractivity contribution in [1.29, 1.82) is 0 Å². The van der Waals surface area contributed by atoms with E-state index in [0.717, 1.165) is 37.5 Å². The summed E-state index contributed by atoms with van der Waals surface area (Å²) >= 11 is 0. The maximum Gasteiger partial charge on any atom is 0.258 e. The lowest BCUT2D eigenvalue weighted by molar-refractivity contribution is -0.123. The molecule has 6 nitrogen and oxygen atoms in total. The van der Waals surface area contributed by atoms with E-state index in [0.29, 0.717) is 24.3 Å². The third-order valence-corrected chi connectivity index (χ3v) is 3.65. The number of nitrogens with one attached hydrogen (secondary N) is 3. The standard InChI is InChI=1S/C19H30N4O2.HI/c1-4-20-19(21-11-14(2)3)22-12-15-6-5-7-17(10-15)25-13-18(24)23-16-8-9-16;/h5-7,10,14,16H,4,8-9,11-13H2,1-3H3,(H,23,24)(H2,20,21,22);1H. The maximum atomic E-state index is 11.7. The van der Waals surface area contributed by atoms with Crippen LogP contribution in [-0.2, 0) is 11.3 Å². The first kappa shape index (κ1) is 22.5. The molecule has 0 atom stereocenters. The molecular weight excluding hydrogens is 443 g/mol. The van der Waals surface area contributed by atoms with Crippen LogP contribution in [0.5, 0.6) is 5.75 Å². The lowest BCUT2D eigenvalue weighted by Crippen LogP contribution is -2.39. The van der Waals surface area contributed by atoms with Gasteiger partial charge in [0.1, 0.15) is 5.75 Å². The fourth-order valence-corrected chi connectivity index (χ4v) is 2.19. The Hall–Kier alpha value is -1.51. The number of benzene rings is 1. The Kier molecular flexibility index (Phi) is 10.4. The average Bonchev–Trinajstić information content (AvgIpc) is 3.40. The van der Waals surface area contributed by atoms with E-state index >= 15 is 0 Å². The summed E-state index contributed by atoms with van der Waals surface area (Å²) in [7, 11) is 0. The van der Waals surface area contributed by atoms with Crippen LogP contribution < -0.4 is 20.7 Å². The molecule has 7 heteroatoms. The number of hydrogen-bond donors (Lipinski definition) is 3. The molecule has 1 aliphatic carbocycles. The number of amides is 1. The first-order valence-electron chi connectivity index (χ1n) is 9.10. The topological polar surface area (TPSA) is 74.8 Å². The van der Waals surface area contributed by atoms with Crippen molar-refractivity contribution in [2.24, 2.45) is 10.9 Å². The van der Waals surface area contributed by atoms with Crippen molar-refractivity contribution in [2.75, 3.05) is 19.7 Å². The van der Waals surface area contributed by atoms with Gasteiger partial charge in [0.25, 0.3) is 5.91 Å². The number of nitrogens with zero attached hydrogens (tertiary/aromatic N) is 1. The highest BCUT2D eigenvalue weighted by molar-refractivity contribution is 14.0. The van der Waals surface area contributed by atoms with Crippen LogP contribution in [0, 0.1) is 5.92 Å². The number of aliphatic imine (C=N–C) groups is 1. The Bertz CT molecular complexity index is 589. The van der Waals surface area contributed by atoms with E-state index in [1.54, 1.807) is 0 Å². The van der Waals surface area contributed by atoms with Gasteiger partial charge >= 0.3 is 0 Å². The summed E-state index contributed by atoms with van der Waals surface area (Å²) in [4.78, 5) is 16.3. The molecule has 0 saturated heterocycles. The molecule has 0 unspecified atom stereocenters. The quantitative estimate of drug-likeness (QED) is 0.292. The van der Waals surface area contributed by atoms with Gasteiger partial charge < -0.3 is 20.7 Å². The summed E-state index contributed by atoms with van der Waals surface area (Å²) in [5.74, 6) is 2.01. The van der Waals surface area contributed by atoms with Gasteiger partial charge in [0, 0.05) is 19.1 Å². The predicted octanol–water partition coefficient (Wildman–Crippen LogP) is 2.67. The van der Waals surface area contributed by atoms with Crippen molar-refractivity contribution in [1.82, 2.24) is 16.0 Å². The van der Waals surface area contributed by atoms with E-state index in [2.05, 4.69) is 34.8 Å². The minimum atomic E-state index is -0.0572. The number of rotatable bonds is 9. The molecule has 0 heterocycles. The number of halogens is 1. The summed E-state index contributed by atoms with van der Waals surface area (Å²) in [5.41, 5.74) is 1.04. The fourth-order valence-electron chi connectivity index (χ4n) is 2.19. The fraction of sp³-hybridized carbons (Fsp3) is 0.579. The molecule has 1 aromatic rings. The van der Waals surface area contributed by atoms with Crippen molar-refractivity contribution >= 4 is 35.8 Å². The van der Waals surface area contributed by atoms with Crippen LogP contribution in [0.3, 0.4) is 0 Å². The van der Waals surface area contributed by atoms with Crippen molar-refractivity contribution in [3.05, 3.63) is 29.8 Å². The van der Waals surface area contributed by atoms with Gasteiger partial charge in [0.05, 0.1) is 6.54 Å². The van der Waals surface area contributed by atoms with Gasteiger partial charge in [-0.1, -0.05) is 26.0 Å². The van der Waals surface area contributed by atoms with Crippen LogP contribution in [0.4, 0.5) is 0 Å². The number of guanidine groups is 1. The summed E-state index contributed by atoms with van der Waals surface area (Å²) in [5, 5.41) is 9.48. The van der Waals surface area contributed by atoms with E-state index in [4.69, 9.17) is 4.74 Å². The zero-order valence-electron chi connectivity index (χ0n) is 15.9. The first-order chi connectivity index (χ1) is 12.1. The van der Waals surface area contributed by atoms with Gasteiger partial charge in [0.15, 0.2) is 12.6 Å². The van der Waals surface area contributed by atoms with E-state index < -0.39 is 0 Å². The lowest BCUT2D eigenvalue weighted by atomic mass is 10.2. The molecule has 146 valence electrons. The smallest absolute Gasteiger partial charge is 0.258 e. The Morgan fingerprint density at radius 1 is 1.31 bits per heavy atom. The number of carbonyl (C=O) groups is 1. The molecule has 1 amide bonds. The van der Waals surface area contributed by atoms with E-state index in [-0.39, 0.29) is 36.5 Å². The minimum Gasteiger partial charge on any atom is -0.484 e. The van der Waals surface area contributed by atoms with Gasteiger partial charge in [-0.2, -0.15) is 0 Å². The second-order valence-electron chi connectivity index (χ2n) is 6.75. The monoisotopic (exact) mass is 474 g/mol. The SMILES string of the molecule is CCNC(=NCc1cccc(OCC(=O)NC2CC2)c1)NCC(C)C.I. The van der Waals surface area contributed by atoms with Crippen LogP contribution in [-0.4, -0.2) is 37.6 Å². The van der Waals surface area contributed by atoms with E-state index in [9.17, 15) is 4.79 Å². The van der Waals surface area contributed by atoms with Gasteiger partial charge in [-0.05, 0) is 43.4 Å². The van der Waals surface area contributed by atoms with Crippen LogP contribution in [0.1, 0.15) is 39.2 Å². The molecule has 1 aromatic carbocycles. The van der Waals surface area contributed by atoms with E-state index in [1.807, 2.05) is 31.2 Å². The lowest BCUT2D eigenvalue weighted by Gasteiger charge is -2.13. The number of hydrogen-bond acceptors (Lipinski definition) is 3. The highest BCUT2D eigenvalue weighted by atomic mass is 127. The molecule has 0 radical (unpaired) electrons. The Morgan fingerprint density at radius 2 is 2.08 bits per heavy atom. The molecule has 3 N–H and O–H groups in total. The molecule has 0 aliphatic heterocycles. The molecular formula is C19H31IN4O2.